The van der Waals surface area contributed by atoms with E-state index in [1.54, 1.807) is 37.3 Å². The van der Waals surface area contributed by atoms with Crippen LogP contribution >= 0.6 is 0 Å². The predicted octanol–water partition coefficient (Wildman–Crippen LogP) is 3.10. The summed E-state index contributed by atoms with van der Waals surface area (Å²) < 4.78 is 10.6. The maximum Gasteiger partial charge on any atom is 0.331 e. The van der Waals surface area contributed by atoms with Gasteiger partial charge in [0.25, 0.3) is 5.91 Å². The van der Waals surface area contributed by atoms with E-state index in [1.165, 1.54) is 0 Å². The molecular weight excluding hydrogens is 370 g/mol. The van der Waals surface area contributed by atoms with Crippen molar-refractivity contribution in [3.05, 3.63) is 71.8 Å². The Morgan fingerprint density at radius 1 is 1.00 bits per heavy atom. The molecule has 0 aliphatic heterocycles. The standard InChI is InChI=1S/C23H29NO5/c1-2-29-23(27)21(24-22(26)19-13-7-4-8-14-19)20(25)15-9-10-16-28-17-18-11-5-3-6-12-18/h3-8,11-14,20-21,25H,2,9-10,15-17H2,1H3,(H,24,26)/t20-,21+/m1/s1. The normalized spacial score (nSPS) is 12.8. The number of aliphatic hydroxyl groups excluding tert-OH is 1. The van der Waals surface area contributed by atoms with E-state index in [0.717, 1.165) is 12.0 Å². The molecule has 2 aromatic carbocycles. The molecule has 0 radical (unpaired) electrons. The molecule has 0 spiro atoms. The number of nitrogens with one attached hydrogen (secondary N) is 1. The first-order valence-corrected chi connectivity index (χ1v) is 9.94. The number of unbranched alkanes of at least 4 members (excludes halogenated alkanes) is 1. The van der Waals surface area contributed by atoms with Gasteiger partial charge in [0.05, 0.1) is 19.3 Å². The molecule has 2 atom stereocenters. The molecule has 6 nitrogen and oxygen atoms in total. The lowest BCUT2D eigenvalue weighted by atomic mass is 10.0. The van der Waals surface area contributed by atoms with Crippen molar-refractivity contribution >= 4 is 11.9 Å². The van der Waals surface area contributed by atoms with Gasteiger partial charge in [-0.25, -0.2) is 4.79 Å². The number of hydrogen-bond acceptors (Lipinski definition) is 5. The summed E-state index contributed by atoms with van der Waals surface area (Å²) in [6, 6.07) is 17.4. The van der Waals surface area contributed by atoms with Gasteiger partial charge in [-0.15, -0.1) is 0 Å². The summed E-state index contributed by atoms with van der Waals surface area (Å²) in [6.07, 6.45) is 0.725. The van der Waals surface area contributed by atoms with Gasteiger partial charge in [-0.3, -0.25) is 4.79 Å². The SMILES string of the molecule is CCOC(=O)[C@@H](NC(=O)c1ccccc1)[C@H](O)CCCCOCc1ccccc1. The van der Waals surface area contributed by atoms with E-state index in [1.807, 2.05) is 30.3 Å². The van der Waals surface area contributed by atoms with Crippen molar-refractivity contribution in [2.24, 2.45) is 0 Å². The first kappa shape index (κ1) is 22.6. The van der Waals surface area contributed by atoms with Crippen molar-refractivity contribution in [3.8, 4) is 0 Å². The third-order valence-electron chi connectivity index (χ3n) is 4.40. The van der Waals surface area contributed by atoms with Crippen LogP contribution in [0.25, 0.3) is 0 Å². The summed E-state index contributed by atoms with van der Waals surface area (Å²) in [5, 5.41) is 13.1. The summed E-state index contributed by atoms with van der Waals surface area (Å²) in [5.41, 5.74) is 1.53. The van der Waals surface area contributed by atoms with E-state index in [-0.39, 0.29) is 6.61 Å². The van der Waals surface area contributed by atoms with Crippen molar-refractivity contribution in [1.82, 2.24) is 5.32 Å². The molecule has 2 aromatic rings. The molecule has 0 unspecified atom stereocenters. The number of amides is 1. The molecule has 0 saturated carbocycles. The molecule has 0 aliphatic rings. The second-order valence-electron chi connectivity index (χ2n) is 6.67. The molecule has 0 aliphatic carbocycles. The number of ether oxygens (including phenoxy) is 2. The first-order chi connectivity index (χ1) is 14.1. The molecule has 0 fully saturated rings. The molecule has 0 bridgehead atoms. The maximum atomic E-state index is 12.4. The average Bonchev–Trinajstić information content (AvgIpc) is 2.75. The van der Waals surface area contributed by atoms with Gasteiger partial charge < -0.3 is 19.9 Å². The highest BCUT2D eigenvalue weighted by Crippen LogP contribution is 2.10. The number of hydrogen-bond donors (Lipinski definition) is 2. The Hall–Kier alpha value is -2.70. The van der Waals surface area contributed by atoms with E-state index in [4.69, 9.17) is 9.47 Å². The molecule has 0 heterocycles. The number of esters is 1. The summed E-state index contributed by atoms with van der Waals surface area (Å²) in [5.74, 6) is -1.06. The molecule has 156 valence electrons. The summed E-state index contributed by atoms with van der Waals surface area (Å²) in [7, 11) is 0. The molecule has 2 rings (SSSR count). The van der Waals surface area contributed by atoms with Crippen LogP contribution in [-0.4, -0.2) is 42.3 Å². The largest absolute Gasteiger partial charge is 0.464 e. The first-order valence-electron chi connectivity index (χ1n) is 9.94. The molecule has 2 N–H and O–H groups in total. The Kier molecular flexibility index (Phi) is 9.89. The van der Waals surface area contributed by atoms with Gasteiger partial charge in [-0.2, -0.15) is 0 Å². The van der Waals surface area contributed by atoms with Crippen LogP contribution < -0.4 is 5.32 Å². The highest BCUT2D eigenvalue weighted by Gasteiger charge is 2.29. The molecule has 6 heteroatoms. The molecule has 1 amide bonds. The van der Waals surface area contributed by atoms with Gasteiger partial charge in [0.1, 0.15) is 0 Å². The quantitative estimate of drug-likeness (QED) is 0.423. The van der Waals surface area contributed by atoms with E-state index >= 15 is 0 Å². The third-order valence-corrected chi connectivity index (χ3v) is 4.40. The lowest BCUT2D eigenvalue weighted by Gasteiger charge is -2.22. The predicted molar refractivity (Wildman–Crippen MR) is 110 cm³/mol. The van der Waals surface area contributed by atoms with Crippen LogP contribution in [0.1, 0.15) is 42.1 Å². The Balaban J connectivity index is 1.78. The Morgan fingerprint density at radius 3 is 2.31 bits per heavy atom. The zero-order valence-electron chi connectivity index (χ0n) is 16.8. The van der Waals surface area contributed by atoms with Gasteiger partial charge >= 0.3 is 5.97 Å². The summed E-state index contributed by atoms with van der Waals surface area (Å²) in [4.78, 5) is 24.6. The topological polar surface area (TPSA) is 84.9 Å². The maximum absolute atomic E-state index is 12.4. The van der Waals surface area contributed by atoms with Gasteiger partial charge in [-0.05, 0) is 43.9 Å². The lowest BCUT2D eigenvalue weighted by molar-refractivity contribution is -0.148. The lowest BCUT2D eigenvalue weighted by Crippen LogP contribution is -2.49. The fraction of sp³-hybridized carbons (Fsp3) is 0.391. The van der Waals surface area contributed by atoms with Crippen LogP contribution in [0.2, 0.25) is 0 Å². The van der Waals surface area contributed by atoms with Crippen LogP contribution in [-0.2, 0) is 20.9 Å². The van der Waals surface area contributed by atoms with E-state index < -0.39 is 24.0 Å². The minimum Gasteiger partial charge on any atom is -0.464 e. The van der Waals surface area contributed by atoms with Crippen molar-refractivity contribution in [2.45, 2.75) is 44.9 Å². The highest BCUT2D eigenvalue weighted by atomic mass is 16.5. The smallest absolute Gasteiger partial charge is 0.331 e. The zero-order valence-corrected chi connectivity index (χ0v) is 16.8. The van der Waals surface area contributed by atoms with E-state index in [9.17, 15) is 14.7 Å². The van der Waals surface area contributed by atoms with Crippen molar-refractivity contribution < 1.29 is 24.2 Å². The number of carbonyl (C=O) groups is 2. The van der Waals surface area contributed by atoms with Crippen molar-refractivity contribution in [3.63, 3.8) is 0 Å². The second-order valence-corrected chi connectivity index (χ2v) is 6.67. The van der Waals surface area contributed by atoms with Crippen LogP contribution in [0.5, 0.6) is 0 Å². The fourth-order valence-electron chi connectivity index (χ4n) is 2.85. The van der Waals surface area contributed by atoms with Gasteiger partial charge in [-0.1, -0.05) is 48.5 Å². The highest BCUT2D eigenvalue weighted by molar-refractivity contribution is 5.96. The second kappa shape index (κ2) is 12.7. The third kappa shape index (κ3) is 8.05. The number of benzene rings is 2. The van der Waals surface area contributed by atoms with Gasteiger partial charge in [0.15, 0.2) is 6.04 Å². The zero-order chi connectivity index (χ0) is 20.9. The number of rotatable bonds is 12. The average molecular weight is 399 g/mol. The van der Waals surface area contributed by atoms with Crippen molar-refractivity contribution in [2.75, 3.05) is 13.2 Å². The minimum absolute atomic E-state index is 0.177. The molecule has 0 saturated heterocycles. The fourth-order valence-corrected chi connectivity index (χ4v) is 2.85. The summed E-state index contributed by atoms with van der Waals surface area (Å²) >= 11 is 0. The monoisotopic (exact) mass is 399 g/mol. The number of carbonyl (C=O) groups excluding carboxylic acids is 2. The Labute approximate surface area is 171 Å². The summed E-state index contributed by atoms with van der Waals surface area (Å²) in [6.45, 7) is 2.96. The van der Waals surface area contributed by atoms with Gasteiger partial charge in [0, 0.05) is 12.2 Å². The van der Waals surface area contributed by atoms with Crippen LogP contribution in [0.4, 0.5) is 0 Å². The Morgan fingerprint density at radius 2 is 1.66 bits per heavy atom. The van der Waals surface area contributed by atoms with E-state index in [2.05, 4.69) is 5.32 Å². The van der Waals surface area contributed by atoms with Gasteiger partial charge in [0.2, 0.25) is 0 Å². The molecule has 0 aromatic heterocycles. The van der Waals surface area contributed by atoms with Crippen LogP contribution in [0.3, 0.4) is 0 Å². The Bertz CT molecular complexity index is 735. The van der Waals surface area contributed by atoms with E-state index in [0.29, 0.717) is 31.6 Å². The van der Waals surface area contributed by atoms with Crippen molar-refractivity contribution in [1.29, 1.82) is 0 Å². The number of aliphatic hydroxyl groups is 1. The van der Waals surface area contributed by atoms with Crippen LogP contribution in [0.15, 0.2) is 60.7 Å². The molecular formula is C23H29NO5. The molecule has 29 heavy (non-hydrogen) atoms. The minimum atomic E-state index is -1.10. The van der Waals surface area contributed by atoms with Crippen LogP contribution in [0, 0.1) is 0 Å².